The summed E-state index contributed by atoms with van der Waals surface area (Å²) in [6.45, 7) is 4.08. The highest BCUT2D eigenvalue weighted by molar-refractivity contribution is 6.32. The summed E-state index contributed by atoms with van der Waals surface area (Å²) < 4.78 is 19.3. The molecule has 0 heterocycles. The molecule has 4 rings (SSSR count). The van der Waals surface area contributed by atoms with E-state index in [-0.39, 0.29) is 28.8 Å². The van der Waals surface area contributed by atoms with Gasteiger partial charge < -0.3 is 10.5 Å². The first-order valence-corrected chi connectivity index (χ1v) is 11.8. The van der Waals surface area contributed by atoms with E-state index in [0.717, 1.165) is 47.1 Å². The minimum Gasteiger partial charge on any atom is -0.487 e. The number of allylic oxidation sites excluding steroid dienone is 4. The van der Waals surface area contributed by atoms with Crippen molar-refractivity contribution in [3.63, 3.8) is 0 Å². The van der Waals surface area contributed by atoms with Gasteiger partial charge in [-0.15, -0.1) is 0 Å². The van der Waals surface area contributed by atoms with Gasteiger partial charge in [0.05, 0.1) is 28.4 Å². The third-order valence-electron chi connectivity index (χ3n) is 7.14. The van der Waals surface area contributed by atoms with Crippen LogP contribution in [0.15, 0.2) is 53.3 Å². The number of nitrogens with zero attached hydrogens (tertiary/aromatic N) is 3. The van der Waals surface area contributed by atoms with E-state index in [4.69, 9.17) is 22.1 Å². The Hall–Kier alpha value is -3.79. The molecule has 0 saturated carbocycles. The highest BCUT2D eigenvalue weighted by Crippen LogP contribution is 2.56. The van der Waals surface area contributed by atoms with Crippen molar-refractivity contribution in [3.8, 4) is 24.0 Å². The molecular weight excluding hydrogens is 463 g/mol. The second-order valence-corrected chi connectivity index (χ2v) is 9.51. The molecule has 2 aliphatic rings. The van der Waals surface area contributed by atoms with E-state index in [0.29, 0.717) is 5.75 Å². The number of rotatable bonds is 4. The number of fused-ring (bicyclic) bond motifs is 1. The highest BCUT2D eigenvalue weighted by Gasteiger charge is 2.54. The van der Waals surface area contributed by atoms with Crippen LogP contribution in [-0.2, 0) is 6.61 Å². The molecule has 0 spiro atoms. The molecule has 2 aromatic carbocycles. The topological polar surface area (TPSA) is 107 Å². The van der Waals surface area contributed by atoms with Crippen LogP contribution in [0.25, 0.3) is 0 Å². The molecule has 0 amide bonds. The van der Waals surface area contributed by atoms with Crippen molar-refractivity contribution in [1.82, 2.24) is 0 Å². The monoisotopic (exact) mass is 486 g/mol. The molecule has 0 radical (unpaired) electrons. The normalized spacial score (nSPS) is 20.7. The molecule has 2 aliphatic carbocycles. The first-order valence-electron chi connectivity index (χ1n) is 11.4. The van der Waals surface area contributed by atoms with Crippen molar-refractivity contribution in [3.05, 3.63) is 86.3 Å². The fourth-order valence-corrected chi connectivity index (χ4v) is 5.59. The number of nitriles is 3. The summed E-state index contributed by atoms with van der Waals surface area (Å²) in [5.41, 5.74) is 9.45. The van der Waals surface area contributed by atoms with Crippen LogP contribution in [-0.4, -0.2) is 0 Å². The van der Waals surface area contributed by atoms with Crippen molar-refractivity contribution in [2.45, 2.75) is 45.6 Å². The van der Waals surface area contributed by atoms with Crippen molar-refractivity contribution < 1.29 is 9.13 Å². The lowest BCUT2D eigenvalue weighted by Crippen LogP contribution is -2.43. The molecule has 176 valence electrons. The third-order valence-corrected chi connectivity index (χ3v) is 7.43. The molecule has 0 bridgehead atoms. The average Bonchev–Trinajstić information content (AvgIpc) is 2.84. The van der Waals surface area contributed by atoms with Crippen LogP contribution < -0.4 is 10.5 Å². The SMILES string of the molecule is Cc1cc(C)c([C@@H]2[C@H]3CCCC=C3C(C#N)=C(N)C2(C#N)C#N)cc1COc1ccc(F)cc1Cl. The lowest BCUT2D eigenvalue weighted by molar-refractivity contribution is 0.301. The molecule has 2 atom stereocenters. The van der Waals surface area contributed by atoms with Crippen LogP contribution in [0.4, 0.5) is 4.39 Å². The standard InChI is InChI=1S/C28H24ClFN4O/c1-16-9-17(2)22(10-18(16)13-35-25-8-7-19(30)11-24(25)29)26-21-6-4-3-5-20(21)23(12-31)27(34)28(26,14-32)15-33/h5,7-11,21,26H,3-4,6,13,34H2,1-2H3/t21-,26-/m0/s1. The van der Waals surface area contributed by atoms with Crippen molar-refractivity contribution in [2.24, 2.45) is 17.1 Å². The number of ether oxygens (including phenoxy) is 1. The van der Waals surface area contributed by atoms with Crippen LogP contribution in [0.2, 0.25) is 5.02 Å². The van der Waals surface area contributed by atoms with Gasteiger partial charge in [0.2, 0.25) is 0 Å². The van der Waals surface area contributed by atoms with Crippen molar-refractivity contribution >= 4 is 11.6 Å². The number of benzene rings is 2. The fraction of sp³-hybridized carbons (Fsp3) is 0.321. The molecular formula is C28H24ClFN4O. The second kappa shape index (κ2) is 9.46. The predicted octanol–water partition coefficient (Wildman–Crippen LogP) is 6.27. The molecule has 7 heteroatoms. The van der Waals surface area contributed by atoms with Crippen LogP contribution in [0, 0.1) is 65.0 Å². The summed E-state index contributed by atoms with van der Waals surface area (Å²) in [6.07, 6.45) is 4.51. The second-order valence-electron chi connectivity index (χ2n) is 9.11. The summed E-state index contributed by atoms with van der Waals surface area (Å²) in [5, 5.41) is 30.6. The van der Waals surface area contributed by atoms with Gasteiger partial charge in [-0.2, -0.15) is 15.8 Å². The van der Waals surface area contributed by atoms with Gasteiger partial charge in [0.25, 0.3) is 0 Å². The Morgan fingerprint density at radius 3 is 2.54 bits per heavy atom. The van der Waals surface area contributed by atoms with E-state index in [1.165, 1.54) is 18.2 Å². The van der Waals surface area contributed by atoms with Gasteiger partial charge in [0.15, 0.2) is 5.41 Å². The summed E-state index contributed by atoms with van der Waals surface area (Å²) in [4.78, 5) is 0. The van der Waals surface area contributed by atoms with E-state index in [1.807, 2.05) is 32.1 Å². The summed E-state index contributed by atoms with van der Waals surface area (Å²) in [5.74, 6) is -0.794. The minimum absolute atomic E-state index is 0.0234. The van der Waals surface area contributed by atoms with E-state index in [1.54, 1.807) is 0 Å². The van der Waals surface area contributed by atoms with Gasteiger partial charge in [-0.25, -0.2) is 4.39 Å². The number of aryl methyl sites for hydroxylation is 2. The zero-order valence-corrected chi connectivity index (χ0v) is 20.3. The number of hydrogen-bond donors (Lipinski definition) is 1. The Bertz CT molecular complexity index is 1380. The van der Waals surface area contributed by atoms with E-state index in [9.17, 15) is 20.2 Å². The molecule has 2 N–H and O–H groups in total. The van der Waals surface area contributed by atoms with Gasteiger partial charge >= 0.3 is 0 Å². The third kappa shape index (κ3) is 4.03. The molecule has 0 aliphatic heterocycles. The van der Waals surface area contributed by atoms with Crippen LogP contribution in [0.3, 0.4) is 0 Å². The van der Waals surface area contributed by atoms with E-state index >= 15 is 0 Å². The van der Waals surface area contributed by atoms with Gasteiger partial charge in [-0.1, -0.05) is 29.8 Å². The smallest absolute Gasteiger partial charge is 0.191 e. The van der Waals surface area contributed by atoms with E-state index < -0.39 is 17.2 Å². The van der Waals surface area contributed by atoms with Gasteiger partial charge in [0.1, 0.15) is 24.2 Å². The van der Waals surface area contributed by atoms with Crippen molar-refractivity contribution in [2.75, 3.05) is 0 Å². The summed E-state index contributed by atoms with van der Waals surface area (Å²) in [6, 6.07) is 14.5. The maximum absolute atomic E-state index is 13.4. The van der Waals surface area contributed by atoms with E-state index in [2.05, 4.69) is 18.2 Å². The first-order chi connectivity index (χ1) is 16.8. The Kier molecular flexibility index (Phi) is 6.58. The number of halogens is 2. The van der Waals surface area contributed by atoms with Crippen molar-refractivity contribution in [1.29, 1.82) is 15.8 Å². The van der Waals surface area contributed by atoms with Gasteiger partial charge in [-0.3, -0.25) is 0 Å². The maximum atomic E-state index is 13.4. The minimum atomic E-state index is -1.66. The quantitative estimate of drug-likeness (QED) is 0.548. The van der Waals surface area contributed by atoms with Crippen LogP contribution >= 0.6 is 11.6 Å². The van der Waals surface area contributed by atoms with Gasteiger partial charge in [-0.05, 0) is 85.1 Å². The largest absolute Gasteiger partial charge is 0.487 e. The molecule has 5 nitrogen and oxygen atoms in total. The van der Waals surface area contributed by atoms with Crippen LogP contribution in [0.5, 0.6) is 5.75 Å². The highest BCUT2D eigenvalue weighted by atomic mass is 35.5. The zero-order valence-electron chi connectivity index (χ0n) is 19.5. The molecule has 2 aromatic rings. The van der Waals surface area contributed by atoms with Crippen LogP contribution in [0.1, 0.15) is 47.4 Å². The number of nitrogens with two attached hydrogens (primary N) is 1. The Morgan fingerprint density at radius 1 is 1.14 bits per heavy atom. The Labute approximate surface area is 209 Å². The Balaban J connectivity index is 1.83. The lowest BCUT2D eigenvalue weighted by Gasteiger charge is -2.44. The maximum Gasteiger partial charge on any atom is 0.191 e. The molecule has 0 unspecified atom stereocenters. The first kappa shape index (κ1) is 24.3. The molecule has 0 saturated heterocycles. The summed E-state index contributed by atoms with van der Waals surface area (Å²) in [7, 11) is 0. The molecule has 35 heavy (non-hydrogen) atoms. The fourth-order valence-electron chi connectivity index (χ4n) is 5.37. The predicted molar refractivity (Wildman–Crippen MR) is 130 cm³/mol. The summed E-state index contributed by atoms with van der Waals surface area (Å²) >= 11 is 6.12. The molecule has 0 aromatic heterocycles. The number of hydrogen-bond acceptors (Lipinski definition) is 5. The average molecular weight is 487 g/mol. The van der Waals surface area contributed by atoms with Gasteiger partial charge in [0, 0.05) is 5.92 Å². The zero-order chi connectivity index (χ0) is 25.3. The molecule has 0 fully saturated rings. The Morgan fingerprint density at radius 2 is 1.89 bits per heavy atom. The lowest BCUT2D eigenvalue weighted by atomic mass is 9.56.